The van der Waals surface area contributed by atoms with E-state index in [9.17, 15) is 0 Å². The van der Waals surface area contributed by atoms with Gasteiger partial charge in [0.2, 0.25) is 0 Å². The van der Waals surface area contributed by atoms with E-state index in [1.54, 1.807) is 7.11 Å². The molecule has 1 fully saturated rings. The van der Waals surface area contributed by atoms with Gasteiger partial charge in [0.1, 0.15) is 5.75 Å². The quantitative estimate of drug-likeness (QED) is 0.879. The van der Waals surface area contributed by atoms with Crippen LogP contribution in [0.1, 0.15) is 43.2 Å². The molecule has 1 saturated heterocycles. The molecule has 1 aliphatic rings. The molecule has 18 heavy (non-hydrogen) atoms. The fourth-order valence-electron chi connectivity index (χ4n) is 2.78. The van der Waals surface area contributed by atoms with Crippen molar-refractivity contribution in [2.24, 2.45) is 0 Å². The highest BCUT2D eigenvalue weighted by Gasteiger charge is 2.12. The summed E-state index contributed by atoms with van der Waals surface area (Å²) in [6.07, 6.45) is 7.76. The Morgan fingerprint density at radius 1 is 1.28 bits per heavy atom. The van der Waals surface area contributed by atoms with Gasteiger partial charge in [-0.3, -0.25) is 0 Å². The second kappa shape index (κ2) is 6.79. The summed E-state index contributed by atoms with van der Waals surface area (Å²) in [6.45, 7) is 3.34. The van der Waals surface area contributed by atoms with Gasteiger partial charge in [-0.25, -0.2) is 0 Å². The second-order valence-electron chi connectivity index (χ2n) is 5.35. The molecular formula is C16H25NO. The van der Waals surface area contributed by atoms with Crippen LogP contribution in [-0.2, 0) is 6.42 Å². The molecule has 1 unspecified atom stereocenters. The van der Waals surface area contributed by atoms with E-state index in [4.69, 9.17) is 4.74 Å². The predicted molar refractivity (Wildman–Crippen MR) is 76.3 cm³/mol. The number of nitrogens with one attached hydrogen (secondary N) is 1. The normalized spacial score (nSPS) is 20.4. The third-order valence-electron chi connectivity index (χ3n) is 3.86. The number of benzene rings is 1. The van der Waals surface area contributed by atoms with E-state index >= 15 is 0 Å². The standard InChI is InChI=1S/C16H25NO/c1-13-7-10-16(18-2)14(12-13)8-9-15-6-4-3-5-11-17-15/h7,10,12,15,17H,3-6,8-9,11H2,1-2H3. The van der Waals surface area contributed by atoms with Gasteiger partial charge in [0.05, 0.1) is 7.11 Å². The smallest absolute Gasteiger partial charge is 0.122 e. The molecule has 0 spiro atoms. The van der Waals surface area contributed by atoms with E-state index in [-0.39, 0.29) is 0 Å². The molecule has 2 nitrogen and oxygen atoms in total. The maximum Gasteiger partial charge on any atom is 0.122 e. The monoisotopic (exact) mass is 247 g/mol. The van der Waals surface area contributed by atoms with Crippen LogP contribution < -0.4 is 10.1 Å². The topological polar surface area (TPSA) is 21.3 Å². The van der Waals surface area contributed by atoms with Gasteiger partial charge in [-0.15, -0.1) is 0 Å². The van der Waals surface area contributed by atoms with Crippen molar-refractivity contribution in [2.45, 2.75) is 51.5 Å². The van der Waals surface area contributed by atoms with Crippen LogP contribution >= 0.6 is 0 Å². The molecule has 0 bridgehead atoms. The molecule has 0 aromatic heterocycles. The Morgan fingerprint density at radius 3 is 3.00 bits per heavy atom. The lowest BCUT2D eigenvalue weighted by molar-refractivity contribution is 0.405. The average molecular weight is 247 g/mol. The van der Waals surface area contributed by atoms with Gasteiger partial charge >= 0.3 is 0 Å². The number of ether oxygens (including phenoxy) is 1. The Morgan fingerprint density at radius 2 is 2.17 bits per heavy atom. The third kappa shape index (κ3) is 3.74. The minimum Gasteiger partial charge on any atom is -0.496 e. The number of hydrogen-bond donors (Lipinski definition) is 1. The Hall–Kier alpha value is -1.02. The number of methoxy groups -OCH3 is 1. The summed E-state index contributed by atoms with van der Waals surface area (Å²) in [4.78, 5) is 0. The van der Waals surface area contributed by atoms with Crippen molar-refractivity contribution >= 4 is 0 Å². The maximum absolute atomic E-state index is 5.44. The molecule has 1 aliphatic heterocycles. The first-order valence-electron chi connectivity index (χ1n) is 7.16. The minimum absolute atomic E-state index is 0.692. The summed E-state index contributed by atoms with van der Waals surface area (Å²) < 4.78 is 5.44. The Bertz CT molecular complexity index is 367. The van der Waals surface area contributed by atoms with Crippen LogP contribution in [0.15, 0.2) is 18.2 Å². The van der Waals surface area contributed by atoms with Gasteiger partial charge in [0.15, 0.2) is 0 Å². The van der Waals surface area contributed by atoms with Crippen molar-refractivity contribution in [3.8, 4) is 5.75 Å². The largest absolute Gasteiger partial charge is 0.496 e. The molecule has 2 heteroatoms. The first-order valence-corrected chi connectivity index (χ1v) is 7.16. The Balaban J connectivity index is 1.94. The molecule has 1 N–H and O–H groups in total. The highest BCUT2D eigenvalue weighted by atomic mass is 16.5. The SMILES string of the molecule is COc1ccc(C)cc1CCC1CCCCCN1. The summed E-state index contributed by atoms with van der Waals surface area (Å²) >= 11 is 0. The van der Waals surface area contributed by atoms with Crippen LogP contribution in [0.5, 0.6) is 5.75 Å². The van der Waals surface area contributed by atoms with Gasteiger partial charge in [-0.2, -0.15) is 0 Å². The highest BCUT2D eigenvalue weighted by Crippen LogP contribution is 2.22. The summed E-state index contributed by atoms with van der Waals surface area (Å²) in [5, 5.41) is 3.66. The molecule has 1 heterocycles. The van der Waals surface area contributed by atoms with Crippen molar-refractivity contribution in [1.82, 2.24) is 5.32 Å². The molecule has 2 rings (SSSR count). The van der Waals surface area contributed by atoms with Crippen molar-refractivity contribution in [3.63, 3.8) is 0 Å². The molecule has 0 saturated carbocycles. The minimum atomic E-state index is 0.692. The lowest BCUT2D eigenvalue weighted by Crippen LogP contribution is -2.28. The lowest BCUT2D eigenvalue weighted by atomic mass is 10.00. The van der Waals surface area contributed by atoms with E-state index in [0.717, 1.165) is 12.2 Å². The van der Waals surface area contributed by atoms with E-state index < -0.39 is 0 Å². The Labute approximate surface area is 111 Å². The zero-order valence-corrected chi connectivity index (χ0v) is 11.7. The van der Waals surface area contributed by atoms with Crippen molar-refractivity contribution in [3.05, 3.63) is 29.3 Å². The van der Waals surface area contributed by atoms with Gasteiger partial charge < -0.3 is 10.1 Å². The number of aryl methyl sites for hydroxylation is 2. The third-order valence-corrected chi connectivity index (χ3v) is 3.86. The number of rotatable bonds is 4. The van der Waals surface area contributed by atoms with Crippen molar-refractivity contribution in [1.29, 1.82) is 0 Å². The molecule has 0 amide bonds. The summed E-state index contributed by atoms with van der Waals surface area (Å²) in [6, 6.07) is 7.16. The number of hydrogen-bond acceptors (Lipinski definition) is 2. The zero-order valence-electron chi connectivity index (χ0n) is 11.7. The second-order valence-corrected chi connectivity index (χ2v) is 5.35. The Kier molecular flexibility index (Phi) is 5.06. The van der Waals surface area contributed by atoms with E-state index in [1.165, 1.54) is 49.8 Å². The van der Waals surface area contributed by atoms with Gasteiger partial charge in [0, 0.05) is 6.04 Å². The van der Waals surface area contributed by atoms with Crippen LogP contribution in [0, 0.1) is 6.92 Å². The van der Waals surface area contributed by atoms with Crippen LogP contribution in [0.4, 0.5) is 0 Å². The zero-order chi connectivity index (χ0) is 12.8. The fraction of sp³-hybridized carbons (Fsp3) is 0.625. The van der Waals surface area contributed by atoms with Crippen LogP contribution in [0.25, 0.3) is 0 Å². The van der Waals surface area contributed by atoms with Gasteiger partial charge in [-0.05, 0) is 50.8 Å². The van der Waals surface area contributed by atoms with Crippen LogP contribution in [-0.4, -0.2) is 19.7 Å². The first kappa shape index (κ1) is 13.4. The van der Waals surface area contributed by atoms with Crippen molar-refractivity contribution < 1.29 is 4.74 Å². The molecule has 1 aromatic carbocycles. The molecule has 1 atom stereocenters. The lowest BCUT2D eigenvalue weighted by Gasteiger charge is -2.17. The maximum atomic E-state index is 5.44. The van der Waals surface area contributed by atoms with Crippen LogP contribution in [0.3, 0.4) is 0 Å². The summed E-state index contributed by atoms with van der Waals surface area (Å²) in [7, 11) is 1.76. The fourth-order valence-corrected chi connectivity index (χ4v) is 2.78. The van der Waals surface area contributed by atoms with Gasteiger partial charge in [0.25, 0.3) is 0 Å². The molecule has 0 radical (unpaired) electrons. The molecule has 1 aromatic rings. The molecular weight excluding hydrogens is 222 g/mol. The predicted octanol–water partition coefficient (Wildman–Crippen LogP) is 3.47. The molecule has 100 valence electrons. The summed E-state index contributed by atoms with van der Waals surface area (Å²) in [5.74, 6) is 1.04. The van der Waals surface area contributed by atoms with Crippen molar-refractivity contribution in [2.75, 3.05) is 13.7 Å². The van der Waals surface area contributed by atoms with E-state index in [2.05, 4.69) is 30.4 Å². The average Bonchev–Trinajstić information content (AvgIpc) is 2.65. The summed E-state index contributed by atoms with van der Waals surface area (Å²) in [5.41, 5.74) is 2.67. The van der Waals surface area contributed by atoms with E-state index in [0.29, 0.717) is 6.04 Å². The van der Waals surface area contributed by atoms with Crippen LogP contribution in [0.2, 0.25) is 0 Å². The highest BCUT2D eigenvalue weighted by molar-refractivity contribution is 5.36. The van der Waals surface area contributed by atoms with E-state index in [1.807, 2.05) is 0 Å². The molecule has 0 aliphatic carbocycles. The van der Waals surface area contributed by atoms with Gasteiger partial charge in [-0.1, -0.05) is 30.5 Å². The first-order chi connectivity index (χ1) is 8.79.